The topological polar surface area (TPSA) is 47.6 Å². The van der Waals surface area contributed by atoms with Gasteiger partial charge in [0.1, 0.15) is 11.5 Å². The molecule has 0 spiro atoms. The molecule has 1 N–H and O–H groups in total. The van der Waals surface area contributed by atoms with E-state index in [2.05, 4.69) is 12.0 Å². The molecule has 0 aliphatic rings. The van der Waals surface area contributed by atoms with E-state index in [1.165, 1.54) is 5.56 Å². The molecule has 0 unspecified atom stereocenters. The number of halogens is 2. The molecule has 27 heavy (non-hydrogen) atoms. The number of nitrogens with one attached hydrogen (secondary N) is 1. The van der Waals surface area contributed by atoms with Crippen molar-refractivity contribution in [3.8, 4) is 11.5 Å². The molecule has 0 saturated heterocycles. The minimum atomic E-state index is -3.78. The third-order valence-electron chi connectivity index (χ3n) is 3.71. The summed E-state index contributed by atoms with van der Waals surface area (Å²) in [6.07, 6.45) is 0.917. The van der Waals surface area contributed by atoms with Crippen molar-refractivity contribution in [2.75, 3.05) is 5.09 Å². The van der Waals surface area contributed by atoms with Crippen molar-refractivity contribution >= 4 is 36.6 Å². The van der Waals surface area contributed by atoms with Gasteiger partial charge in [-0.05, 0) is 72.6 Å². The summed E-state index contributed by atoms with van der Waals surface area (Å²) < 4.78 is 24.8. The Morgan fingerprint density at radius 1 is 0.778 bits per heavy atom. The first-order valence-electron chi connectivity index (χ1n) is 8.33. The summed E-state index contributed by atoms with van der Waals surface area (Å²) >= 11 is 11.8. The molecule has 0 aliphatic heterocycles. The van der Waals surface area contributed by atoms with Gasteiger partial charge in [0, 0.05) is 15.7 Å². The van der Waals surface area contributed by atoms with Gasteiger partial charge in [-0.2, -0.15) is 0 Å². The van der Waals surface area contributed by atoms with Crippen molar-refractivity contribution in [2.24, 2.45) is 0 Å². The fourth-order valence-corrected chi connectivity index (χ4v) is 3.95. The van der Waals surface area contributed by atoms with E-state index in [0.717, 1.165) is 6.42 Å². The standard InChI is InChI=1S/C20H18Cl2NO3P/c1-2-15-3-9-18(10-4-15)23-27(24,25-19-11-5-16(21)6-12-19)26-20-13-7-17(22)8-14-20/h3-14H,2H2,1H3,(H,23,24). The van der Waals surface area contributed by atoms with E-state index < -0.39 is 7.75 Å². The highest BCUT2D eigenvalue weighted by Crippen LogP contribution is 2.48. The molecular weight excluding hydrogens is 404 g/mol. The Hall–Kier alpha value is -2.13. The summed E-state index contributed by atoms with van der Waals surface area (Å²) in [4.78, 5) is 0. The predicted molar refractivity (Wildman–Crippen MR) is 111 cm³/mol. The summed E-state index contributed by atoms with van der Waals surface area (Å²) in [6, 6.07) is 20.7. The fourth-order valence-electron chi connectivity index (χ4n) is 2.31. The third-order valence-corrected chi connectivity index (χ3v) is 5.65. The summed E-state index contributed by atoms with van der Waals surface area (Å²) in [5, 5.41) is 3.99. The van der Waals surface area contributed by atoms with Crippen LogP contribution in [0.2, 0.25) is 10.0 Å². The number of aryl methyl sites for hydroxylation is 1. The van der Waals surface area contributed by atoms with E-state index in [0.29, 0.717) is 27.2 Å². The van der Waals surface area contributed by atoms with Crippen LogP contribution < -0.4 is 14.1 Å². The normalized spacial score (nSPS) is 11.1. The van der Waals surface area contributed by atoms with E-state index in [-0.39, 0.29) is 0 Å². The summed E-state index contributed by atoms with van der Waals surface area (Å²) in [5.41, 5.74) is 1.80. The van der Waals surface area contributed by atoms with Crippen molar-refractivity contribution in [1.29, 1.82) is 0 Å². The molecule has 3 aromatic carbocycles. The van der Waals surface area contributed by atoms with E-state index in [1.807, 2.05) is 24.3 Å². The highest BCUT2D eigenvalue weighted by Gasteiger charge is 2.29. The largest absolute Gasteiger partial charge is 0.541 e. The van der Waals surface area contributed by atoms with Gasteiger partial charge in [-0.25, -0.2) is 4.57 Å². The molecule has 0 aliphatic carbocycles. The molecule has 0 atom stereocenters. The van der Waals surface area contributed by atoms with E-state index >= 15 is 0 Å². The van der Waals surface area contributed by atoms with Gasteiger partial charge < -0.3 is 9.05 Å². The maximum Gasteiger partial charge on any atom is 0.541 e. The van der Waals surface area contributed by atoms with Crippen LogP contribution in [0.15, 0.2) is 72.8 Å². The van der Waals surface area contributed by atoms with Gasteiger partial charge >= 0.3 is 7.75 Å². The van der Waals surface area contributed by atoms with Crippen molar-refractivity contribution in [2.45, 2.75) is 13.3 Å². The second-order valence-corrected chi connectivity index (χ2v) is 8.21. The predicted octanol–water partition coefficient (Wildman–Crippen LogP) is 7.23. The molecule has 0 bridgehead atoms. The number of hydrogen-bond donors (Lipinski definition) is 1. The maximum atomic E-state index is 13.4. The molecule has 0 amide bonds. The molecule has 0 fully saturated rings. The lowest BCUT2D eigenvalue weighted by Crippen LogP contribution is -2.10. The van der Waals surface area contributed by atoms with Crippen LogP contribution in [0, 0.1) is 0 Å². The van der Waals surface area contributed by atoms with E-state index in [1.54, 1.807) is 48.5 Å². The lowest BCUT2D eigenvalue weighted by Gasteiger charge is -2.21. The minimum Gasteiger partial charge on any atom is -0.400 e. The average Bonchev–Trinajstić information content (AvgIpc) is 2.66. The first-order chi connectivity index (χ1) is 13.0. The molecule has 3 rings (SSSR count). The van der Waals surface area contributed by atoms with Crippen LogP contribution in [0.4, 0.5) is 5.69 Å². The second-order valence-electron chi connectivity index (χ2n) is 5.75. The average molecular weight is 422 g/mol. The highest BCUT2D eigenvalue weighted by molar-refractivity contribution is 7.56. The van der Waals surface area contributed by atoms with Crippen LogP contribution in [0.5, 0.6) is 11.5 Å². The maximum absolute atomic E-state index is 13.4. The zero-order chi connectivity index (χ0) is 19.3. The van der Waals surface area contributed by atoms with Gasteiger partial charge in [0.05, 0.1) is 0 Å². The van der Waals surface area contributed by atoms with Crippen LogP contribution in [0.1, 0.15) is 12.5 Å². The Bertz CT molecular complexity index is 877. The first kappa shape index (κ1) is 19.6. The zero-order valence-electron chi connectivity index (χ0n) is 14.6. The molecular formula is C20H18Cl2NO3P. The highest BCUT2D eigenvalue weighted by atomic mass is 35.5. The van der Waals surface area contributed by atoms with Crippen LogP contribution in [0.3, 0.4) is 0 Å². The zero-order valence-corrected chi connectivity index (χ0v) is 17.0. The summed E-state index contributed by atoms with van der Waals surface area (Å²) in [7, 11) is -3.78. The Balaban J connectivity index is 1.87. The Labute approximate surface area is 168 Å². The van der Waals surface area contributed by atoms with Crippen molar-refractivity contribution in [1.82, 2.24) is 0 Å². The van der Waals surface area contributed by atoms with Gasteiger partial charge in [0.2, 0.25) is 0 Å². The monoisotopic (exact) mass is 421 g/mol. The minimum absolute atomic E-state index is 0.370. The van der Waals surface area contributed by atoms with E-state index in [4.69, 9.17) is 32.2 Å². The second kappa shape index (κ2) is 8.71. The van der Waals surface area contributed by atoms with E-state index in [9.17, 15) is 4.57 Å². The third kappa shape index (κ3) is 5.67. The van der Waals surface area contributed by atoms with Crippen LogP contribution in [0.25, 0.3) is 0 Å². The molecule has 7 heteroatoms. The van der Waals surface area contributed by atoms with Crippen LogP contribution >= 0.6 is 30.9 Å². The summed E-state index contributed by atoms with van der Waals surface area (Å²) in [5.74, 6) is 0.740. The fraction of sp³-hybridized carbons (Fsp3) is 0.100. The molecule has 140 valence electrons. The number of benzene rings is 3. The van der Waals surface area contributed by atoms with Crippen molar-refractivity contribution in [3.63, 3.8) is 0 Å². The molecule has 0 aromatic heterocycles. The number of hydrogen-bond acceptors (Lipinski definition) is 3. The number of anilines is 1. The van der Waals surface area contributed by atoms with Gasteiger partial charge in [0.15, 0.2) is 0 Å². The lowest BCUT2D eigenvalue weighted by atomic mass is 10.2. The van der Waals surface area contributed by atoms with Crippen molar-refractivity contribution < 1.29 is 13.6 Å². The Morgan fingerprint density at radius 2 is 1.22 bits per heavy atom. The SMILES string of the molecule is CCc1ccc(NP(=O)(Oc2ccc(Cl)cc2)Oc2ccc(Cl)cc2)cc1. The lowest BCUT2D eigenvalue weighted by molar-refractivity contribution is 0.393. The summed E-state index contributed by atoms with van der Waals surface area (Å²) in [6.45, 7) is 2.07. The van der Waals surface area contributed by atoms with Gasteiger partial charge in [-0.1, -0.05) is 42.3 Å². The molecule has 0 heterocycles. The smallest absolute Gasteiger partial charge is 0.400 e. The van der Waals surface area contributed by atoms with Crippen LogP contribution in [-0.2, 0) is 11.0 Å². The van der Waals surface area contributed by atoms with Gasteiger partial charge in [0.25, 0.3) is 0 Å². The molecule has 0 radical (unpaired) electrons. The first-order valence-corrected chi connectivity index (χ1v) is 10.6. The molecule has 0 saturated carbocycles. The Morgan fingerprint density at radius 3 is 1.63 bits per heavy atom. The Kier molecular flexibility index (Phi) is 6.33. The quantitative estimate of drug-likeness (QED) is 0.408. The molecule has 4 nitrogen and oxygen atoms in total. The van der Waals surface area contributed by atoms with Crippen LogP contribution in [-0.4, -0.2) is 0 Å². The number of rotatable bonds is 7. The molecule has 3 aromatic rings. The van der Waals surface area contributed by atoms with Gasteiger partial charge in [-0.15, -0.1) is 0 Å². The van der Waals surface area contributed by atoms with Crippen molar-refractivity contribution in [3.05, 3.63) is 88.4 Å². The van der Waals surface area contributed by atoms with Gasteiger partial charge in [-0.3, -0.25) is 5.09 Å².